The van der Waals surface area contributed by atoms with E-state index in [0.717, 1.165) is 21.2 Å². The van der Waals surface area contributed by atoms with Crippen molar-refractivity contribution in [1.29, 1.82) is 0 Å². The van der Waals surface area contributed by atoms with E-state index in [1.54, 1.807) is 6.08 Å². The molecule has 0 bridgehead atoms. The van der Waals surface area contributed by atoms with Gasteiger partial charge < -0.3 is 9.47 Å². The summed E-state index contributed by atoms with van der Waals surface area (Å²) in [5.41, 5.74) is 2.93. The van der Waals surface area contributed by atoms with E-state index in [1.807, 2.05) is 56.3 Å². The first-order valence-electron chi connectivity index (χ1n) is 7.59. The largest absolute Gasteiger partial charge is 0.493 e. The molecule has 1 aliphatic heterocycles. The molecule has 122 valence electrons. The molecule has 1 heterocycles. The standard InChI is InChI=1S/C19H16BrNO3/c1-3-23-17-9-8-15(20)10-14(17)11-16-19(22)24-18(21-16)13-6-4-12(2)5-7-13/h4-11H,3H2,1-2H3/b16-11-. The van der Waals surface area contributed by atoms with Gasteiger partial charge in [-0.2, -0.15) is 0 Å². The number of carbonyl (C=O) groups is 1. The Hall–Kier alpha value is -2.40. The SMILES string of the molecule is CCOc1ccc(Br)cc1/C=C1\N=C(c2ccc(C)cc2)OC1=O. The predicted molar refractivity (Wildman–Crippen MR) is 97.1 cm³/mol. The van der Waals surface area contributed by atoms with Crippen molar-refractivity contribution < 1.29 is 14.3 Å². The van der Waals surface area contributed by atoms with Crippen molar-refractivity contribution >= 4 is 33.9 Å². The third-order valence-electron chi connectivity index (χ3n) is 3.48. The second-order valence-corrected chi connectivity index (χ2v) is 6.23. The lowest BCUT2D eigenvalue weighted by molar-refractivity contribution is -0.129. The van der Waals surface area contributed by atoms with Gasteiger partial charge in [-0.25, -0.2) is 9.79 Å². The first kappa shape index (κ1) is 16.5. The van der Waals surface area contributed by atoms with Gasteiger partial charge in [-0.05, 0) is 50.3 Å². The number of hydrogen-bond donors (Lipinski definition) is 0. The Morgan fingerprint density at radius 1 is 1.21 bits per heavy atom. The normalized spacial score (nSPS) is 15.4. The summed E-state index contributed by atoms with van der Waals surface area (Å²) in [7, 11) is 0. The number of nitrogens with zero attached hydrogens (tertiary/aromatic N) is 1. The fourth-order valence-corrected chi connectivity index (χ4v) is 2.67. The molecule has 5 heteroatoms. The van der Waals surface area contributed by atoms with E-state index in [2.05, 4.69) is 20.9 Å². The minimum absolute atomic E-state index is 0.254. The van der Waals surface area contributed by atoms with Crippen LogP contribution in [0.1, 0.15) is 23.6 Å². The lowest BCUT2D eigenvalue weighted by atomic mass is 10.1. The first-order valence-corrected chi connectivity index (χ1v) is 8.38. The zero-order valence-electron chi connectivity index (χ0n) is 13.4. The number of hydrogen-bond acceptors (Lipinski definition) is 4. The van der Waals surface area contributed by atoms with E-state index in [-0.39, 0.29) is 5.70 Å². The number of ether oxygens (including phenoxy) is 2. The minimum Gasteiger partial charge on any atom is -0.493 e. The predicted octanol–water partition coefficient (Wildman–Crippen LogP) is 4.50. The Morgan fingerprint density at radius 3 is 2.67 bits per heavy atom. The third kappa shape index (κ3) is 3.57. The second-order valence-electron chi connectivity index (χ2n) is 5.32. The van der Waals surface area contributed by atoms with Crippen LogP contribution in [-0.2, 0) is 9.53 Å². The zero-order chi connectivity index (χ0) is 17.1. The molecule has 1 aliphatic rings. The molecule has 0 aromatic heterocycles. The number of benzene rings is 2. The summed E-state index contributed by atoms with van der Waals surface area (Å²) in [6.45, 7) is 4.46. The molecule has 0 N–H and O–H groups in total. The molecule has 0 radical (unpaired) electrons. The number of aryl methyl sites for hydroxylation is 1. The van der Waals surface area contributed by atoms with Gasteiger partial charge in [0.15, 0.2) is 5.70 Å². The van der Waals surface area contributed by atoms with Crippen LogP contribution in [0.2, 0.25) is 0 Å². The van der Waals surface area contributed by atoms with Crippen LogP contribution in [0.15, 0.2) is 57.6 Å². The zero-order valence-corrected chi connectivity index (χ0v) is 15.0. The monoisotopic (exact) mass is 385 g/mol. The van der Waals surface area contributed by atoms with Gasteiger partial charge in [0, 0.05) is 15.6 Å². The average Bonchev–Trinajstić information content (AvgIpc) is 2.92. The van der Waals surface area contributed by atoms with Crippen molar-refractivity contribution in [1.82, 2.24) is 0 Å². The van der Waals surface area contributed by atoms with E-state index in [1.165, 1.54) is 0 Å². The molecule has 0 unspecified atom stereocenters. The maximum atomic E-state index is 12.1. The van der Waals surface area contributed by atoms with E-state index in [9.17, 15) is 4.79 Å². The summed E-state index contributed by atoms with van der Waals surface area (Å²) in [5.74, 6) is 0.548. The molecule has 0 saturated heterocycles. The minimum atomic E-state index is -0.465. The van der Waals surface area contributed by atoms with Crippen LogP contribution in [0.25, 0.3) is 6.08 Å². The van der Waals surface area contributed by atoms with E-state index in [4.69, 9.17) is 9.47 Å². The van der Waals surface area contributed by atoms with E-state index in [0.29, 0.717) is 18.3 Å². The highest BCUT2D eigenvalue weighted by atomic mass is 79.9. The Bertz CT molecular complexity index is 838. The van der Waals surface area contributed by atoms with Crippen LogP contribution in [0.4, 0.5) is 0 Å². The van der Waals surface area contributed by atoms with Crippen molar-refractivity contribution in [3.05, 3.63) is 69.3 Å². The summed E-state index contributed by atoms with van der Waals surface area (Å²) in [4.78, 5) is 16.5. The van der Waals surface area contributed by atoms with Crippen molar-refractivity contribution in [2.45, 2.75) is 13.8 Å². The highest BCUT2D eigenvalue weighted by molar-refractivity contribution is 9.10. The topological polar surface area (TPSA) is 47.9 Å². The van der Waals surface area contributed by atoms with E-state index >= 15 is 0 Å². The molecule has 0 fully saturated rings. The number of halogens is 1. The van der Waals surface area contributed by atoms with Gasteiger partial charge in [0.2, 0.25) is 5.90 Å². The molecule has 0 aliphatic carbocycles. The van der Waals surface area contributed by atoms with Gasteiger partial charge in [0.1, 0.15) is 5.75 Å². The number of esters is 1. The summed E-state index contributed by atoms with van der Waals surface area (Å²) >= 11 is 3.43. The van der Waals surface area contributed by atoms with Crippen LogP contribution in [-0.4, -0.2) is 18.5 Å². The number of aliphatic imine (C=N–C) groups is 1. The molecular formula is C19H16BrNO3. The quantitative estimate of drug-likeness (QED) is 0.574. The molecule has 0 amide bonds. The Kier molecular flexibility index (Phi) is 4.81. The fraction of sp³-hybridized carbons (Fsp3) is 0.158. The Morgan fingerprint density at radius 2 is 1.96 bits per heavy atom. The summed E-state index contributed by atoms with van der Waals surface area (Å²) in [6, 6.07) is 13.3. The van der Waals surface area contributed by atoms with Crippen LogP contribution >= 0.6 is 15.9 Å². The third-order valence-corrected chi connectivity index (χ3v) is 3.98. The van der Waals surface area contributed by atoms with Crippen LogP contribution in [0.5, 0.6) is 5.75 Å². The molecule has 24 heavy (non-hydrogen) atoms. The molecule has 4 nitrogen and oxygen atoms in total. The van der Waals surface area contributed by atoms with Gasteiger partial charge in [-0.3, -0.25) is 0 Å². The number of carbonyl (C=O) groups excluding carboxylic acids is 1. The maximum absolute atomic E-state index is 12.1. The Labute approximate surface area is 148 Å². The Balaban J connectivity index is 1.97. The highest BCUT2D eigenvalue weighted by Gasteiger charge is 2.24. The van der Waals surface area contributed by atoms with Gasteiger partial charge in [0.25, 0.3) is 0 Å². The van der Waals surface area contributed by atoms with Crippen LogP contribution in [0, 0.1) is 6.92 Å². The molecule has 3 rings (SSSR count). The molecular weight excluding hydrogens is 370 g/mol. The summed E-state index contributed by atoms with van der Waals surface area (Å²) in [5, 5.41) is 0. The van der Waals surface area contributed by atoms with Crippen LogP contribution in [0.3, 0.4) is 0 Å². The van der Waals surface area contributed by atoms with Crippen molar-refractivity contribution in [2.24, 2.45) is 4.99 Å². The second kappa shape index (κ2) is 7.01. The number of rotatable bonds is 4. The summed E-state index contributed by atoms with van der Waals surface area (Å²) < 4.78 is 11.8. The molecule has 2 aromatic rings. The van der Waals surface area contributed by atoms with Crippen LogP contribution < -0.4 is 4.74 Å². The average molecular weight is 386 g/mol. The lowest BCUT2D eigenvalue weighted by Crippen LogP contribution is -2.05. The van der Waals surface area contributed by atoms with Gasteiger partial charge in [0.05, 0.1) is 6.61 Å². The molecule has 0 atom stereocenters. The van der Waals surface area contributed by atoms with Gasteiger partial charge >= 0.3 is 5.97 Å². The van der Waals surface area contributed by atoms with E-state index < -0.39 is 5.97 Å². The highest BCUT2D eigenvalue weighted by Crippen LogP contribution is 2.27. The first-order chi connectivity index (χ1) is 11.6. The number of cyclic esters (lactones) is 1. The van der Waals surface area contributed by atoms with Crippen molar-refractivity contribution in [3.63, 3.8) is 0 Å². The van der Waals surface area contributed by atoms with Crippen molar-refractivity contribution in [3.8, 4) is 5.75 Å². The molecule has 0 saturated carbocycles. The lowest BCUT2D eigenvalue weighted by Gasteiger charge is -2.07. The molecule has 0 spiro atoms. The smallest absolute Gasteiger partial charge is 0.363 e. The maximum Gasteiger partial charge on any atom is 0.363 e. The fourth-order valence-electron chi connectivity index (χ4n) is 2.30. The molecule has 2 aromatic carbocycles. The van der Waals surface area contributed by atoms with Crippen molar-refractivity contribution in [2.75, 3.05) is 6.61 Å². The van der Waals surface area contributed by atoms with Gasteiger partial charge in [-0.15, -0.1) is 0 Å². The van der Waals surface area contributed by atoms with Gasteiger partial charge in [-0.1, -0.05) is 33.6 Å². The summed E-state index contributed by atoms with van der Waals surface area (Å²) in [6.07, 6.45) is 1.68.